The third-order valence-electron chi connectivity index (χ3n) is 4.15. The Morgan fingerprint density at radius 1 is 1.03 bits per heavy atom. The Labute approximate surface area is 170 Å². The Bertz CT molecular complexity index is 973. The minimum atomic E-state index is -0.258. The number of rotatable bonds is 8. The van der Waals surface area contributed by atoms with E-state index in [9.17, 15) is 4.79 Å². The molecular formula is C23H25N3O3. The van der Waals surface area contributed by atoms with E-state index in [2.05, 4.69) is 15.6 Å². The zero-order valence-electron chi connectivity index (χ0n) is 16.8. The lowest BCUT2D eigenvalue weighted by Gasteiger charge is -2.15. The fourth-order valence-electron chi connectivity index (χ4n) is 2.83. The fourth-order valence-corrected chi connectivity index (χ4v) is 2.83. The van der Waals surface area contributed by atoms with E-state index in [0.717, 1.165) is 28.4 Å². The number of nitrogens with zero attached hydrogens (tertiary/aromatic N) is 1. The maximum atomic E-state index is 12.6. The number of pyridine rings is 1. The van der Waals surface area contributed by atoms with Crippen molar-refractivity contribution in [3.05, 3.63) is 78.1 Å². The Balaban J connectivity index is 1.70. The Morgan fingerprint density at radius 2 is 1.76 bits per heavy atom. The first-order valence-corrected chi connectivity index (χ1v) is 9.45. The second-order valence-corrected chi connectivity index (χ2v) is 6.71. The van der Waals surface area contributed by atoms with Crippen molar-refractivity contribution in [2.45, 2.75) is 26.5 Å². The highest BCUT2D eigenvalue weighted by molar-refractivity contribution is 5.93. The predicted molar refractivity (Wildman–Crippen MR) is 114 cm³/mol. The van der Waals surface area contributed by atoms with E-state index in [1.54, 1.807) is 19.4 Å². The lowest BCUT2D eigenvalue weighted by molar-refractivity contribution is 0.0945. The second kappa shape index (κ2) is 9.59. The summed E-state index contributed by atoms with van der Waals surface area (Å²) in [4.78, 5) is 16.8. The van der Waals surface area contributed by atoms with Gasteiger partial charge in [-0.15, -0.1) is 0 Å². The molecule has 0 aliphatic heterocycles. The van der Waals surface area contributed by atoms with E-state index in [4.69, 9.17) is 9.47 Å². The highest BCUT2D eigenvalue weighted by atomic mass is 16.5. The van der Waals surface area contributed by atoms with Crippen molar-refractivity contribution in [3.63, 3.8) is 0 Å². The van der Waals surface area contributed by atoms with Gasteiger partial charge in [0.15, 0.2) is 0 Å². The molecule has 0 saturated heterocycles. The molecule has 0 fully saturated rings. The maximum absolute atomic E-state index is 12.6. The van der Waals surface area contributed by atoms with Crippen LogP contribution in [-0.2, 0) is 6.54 Å². The summed E-state index contributed by atoms with van der Waals surface area (Å²) in [6.45, 7) is 4.31. The van der Waals surface area contributed by atoms with Crippen molar-refractivity contribution in [2.24, 2.45) is 0 Å². The molecule has 1 heterocycles. The first-order valence-electron chi connectivity index (χ1n) is 9.45. The number of nitrogens with one attached hydrogen (secondary N) is 2. The third-order valence-corrected chi connectivity index (χ3v) is 4.15. The molecule has 0 atom stereocenters. The van der Waals surface area contributed by atoms with E-state index in [1.165, 1.54) is 0 Å². The molecule has 1 amide bonds. The molecule has 29 heavy (non-hydrogen) atoms. The molecule has 2 aromatic carbocycles. The number of hydrogen-bond donors (Lipinski definition) is 2. The van der Waals surface area contributed by atoms with E-state index >= 15 is 0 Å². The van der Waals surface area contributed by atoms with E-state index in [1.807, 2.05) is 68.4 Å². The number of carbonyl (C=O) groups is 1. The van der Waals surface area contributed by atoms with Crippen molar-refractivity contribution in [2.75, 3.05) is 12.4 Å². The van der Waals surface area contributed by atoms with E-state index in [0.29, 0.717) is 12.2 Å². The zero-order chi connectivity index (χ0) is 20.6. The fraction of sp³-hybridized carbons (Fsp3) is 0.217. The lowest BCUT2D eigenvalue weighted by atomic mass is 10.2. The SMILES string of the molecule is COc1ccccc1CNC(=O)c1cc(Nc2ccccc2OC(C)C)ccn1. The normalized spacial score (nSPS) is 10.5. The minimum absolute atomic E-state index is 0.0618. The number of para-hydroxylation sites is 3. The number of hydrogen-bond acceptors (Lipinski definition) is 5. The molecule has 0 aliphatic rings. The first kappa shape index (κ1) is 20.2. The molecule has 6 heteroatoms. The molecule has 0 spiro atoms. The van der Waals surface area contributed by atoms with Gasteiger partial charge < -0.3 is 20.1 Å². The van der Waals surface area contributed by atoms with Gasteiger partial charge in [-0.05, 0) is 44.2 Å². The van der Waals surface area contributed by atoms with Gasteiger partial charge in [0.05, 0.1) is 18.9 Å². The molecule has 0 saturated carbocycles. The van der Waals surface area contributed by atoms with Gasteiger partial charge in [-0.3, -0.25) is 9.78 Å². The van der Waals surface area contributed by atoms with Crippen LogP contribution in [-0.4, -0.2) is 24.1 Å². The van der Waals surface area contributed by atoms with Crippen LogP contribution in [0.1, 0.15) is 29.9 Å². The van der Waals surface area contributed by atoms with Gasteiger partial charge >= 0.3 is 0 Å². The highest BCUT2D eigenvalue weighted by Gasteiger charge is 2.11. The quantitative estimate of drug-likeness (QED) is 0.589. The summed E-state index contributed by atoms with van der Waals surface area (Å²) >= 11 is 0. The van der Waals surface area contributed by atoms with Crippen molar-refractivity contribution in [3.8, 4) is 11.5 Å². The first-order chi connectivity index (χ1) is 14.1. The minimum Gasteiger partial charge on any atom is -0.496 e. The van der Waals surface area contributed by atoms with Gasteiger partial charge in [0.2, 0.25) is 0 Å². The van der Waals surface area contributed by atoms with Gasteiger partial charge in [-0.2, -0.15) is 0 Å². The number of amides is 1. The van der Waals surface area contributed by atoms with E-state index < -0.39 is 0 Å². The van der Waals surface area contributed by atoms with Crippen molar-refractivity contribution >= 4 is 17.3 Å². The Morgan fingerprint density at radius 3 is 2.52 bits per heavy atom. The molecule has 0 radical (unpaired) electrons. The average molecular weight is 391 g/mol. The summed E-state index contributed by atoms with van der Waals surface area (Å²) in [5.41, 5.74) is 2.81. The summed E-state index contributed by atoms with van der Waals surface area (Å²) in [7, 11) is 1.61. The average Bonchev–Trinajstić information content (AvgIpc) is 2.73. The Kier molecular flexibility index (Phi) is 6.68. The largest absolute Gasteiger partial charge is 0.496 e. The van der Waals surface area contributed by atoms with Crippen molar-refractivity contribution < 1.29 is 14.3 Å². The van der Waals surface area contributed by atoms with Crippen LogP contribution in [0.25, 0.3) is 0 Å². The summed E-state index contributed by atoms with van der Waals surface area (Å²) < 4.78 is 11.2. The molecule has 0 bridgehead atoms. The second-order valence-electron chi connectivity index (χ2n) is 6.71. The highest BCUT2D eigenvalue weighted by Crippen LogP contribution is 2.28. The van der Waals surface area contributed by atoms with Gasteiger partial charge in [-0.25, -0.2) is 0 Å². The number of anilines is 2. The van der Waals surface area contributed by atoms with E-state index in [-0.39, 0.29) is 12.0 Å². The molecule has 3 rings (SSSR count). The van der Waals surface area contributed by atoms with Gasteiger partial charge in [-0.1, -0.05) is 30.3 Å². The summed E-state index contributed by atoms with van der Waals surface area (Å²) in [5.74, 6) is 1.23. The van der Waals surface area contributed by atoms with Crippen molar-refractivity contribution in [1.29, 1.82) is 0 Å². The summed E-state index contributed by atoms with van der Waals surface area (Å²) in [5, 5.41) is 6.18. The standard InChI is InChI=1S/C23H25N3O3/c1-16(2)29-22-11-7-5-9-19(22)26-18-12-13-24-20(14-18)23(27)25-15-17-8-4-6-10-21(17)28-3/h4-14,16H,15H2,1-3H3,(H,24,26)(H,25,27). The molecule has 6 nitrogen and oxygen atoms in total. The number of aromatic nitrogens is 1. The van der Waals surface area contributed by atoms with Gasteiger partial charge in [0.1, 0.15) is 17.2 Å². The smallest absolute Gasteiger partial charge is 0.270 e. The van der Waals surface area contributed by atoms with Crippen LogP contribution in [0.15, 0.2) is 66.9 Å². The van der Waals surface area contributed by atoms with Crippen molar-refractivity contribution in [1.82, 2.24) is 10.3 Å². The summed E-state index contributed by atoms with van der Waals surface area (Å²) in [6.07, 6.45) is 1.67. The van der Waals surface area contributed by atoms with Crippen LogP contribution in [0.3, 0.4) is 0 Å². The van der Waals surface area contributed by atoms with Crippen LogP contribution >= 0.6 is 0 Å². The zero-order valence-corrected chi connectivity index (χ0v) is 16.8. The predicted octanol–water partition coefficient (Wildman–Crippen LogP) is 4.55. The topological polar surface area (TPSA) is 72.5 Å². The van der Waals surface area contributed by atoms with Crippen LogP contribution in [0.4, 0.5) is 11.4 Å². The van der Waals surface area contributed by atoms with Crippen LogP contribution in [0, 0.1) is 0 Å². The van der Waals surface area contributed by atoms with Crippen LogP contribution in [0.5, 0.6) is 11.5 Å². The molecular weight excluding hydrogens is 366 g/mol. The van der Waals surface area contributed by atoms with Gasteiger partial charge in [0.25, 0.3) is 5.91 Å². The molecule has 150 valence electrons. The number of benzene rings is 2. The van der Waals surface area contributed by atoms with Gasteiger partial charge in [0, 0.05) is 24.0 Å². The maximum Gasteiger partial charge on any atom is 0.270 e. The summed E-state index contributed by atoms with van der Waals surface area (Å²) in [6, 6.07) is 18.8. The molecule has 2 N–H and O–H groups in total. The number of methoxy groups -OCH3 is 1. The third kappa shape index (κ3) is 5.48. The lowest BCUT2D eigenvalue weighted by Crippen LogP contribution is -2.24. The van der Waals surface area contributed by atoms with Crippen LogP contribution in [0.2, 0.25) is 0 Å². The van der Waals surface area contributed by atoms with Crippen LogP contribution < -0.4 is 20.1 Å². The Hall–Kier alpha value is -3.54. The monoisotopic (exact) mass is 391 g/mol. The number of ether oxygens (including phenoxy) is 2. The molecule has 1 aromatic heterocycles. The molecule has 0 unspecified atom stereocenters. The molecule has 0 aliphatic carbocycles. The number of carbonyl (C=O) groups excluding carboxylic acids is 1. The molecule has 3 aromatic rings.